The molecule has 2 aromatic rings. The van der Waals surface area contributed by atoms with Crippen molar-refractivity contribution in [1.29, 1.82) is 0 Å². The number of piperazine rings is 1. The molecule has 0 amide bonds. The molecule has 8 heteroatoms. The number of anilines is 1. The van der Waals surface area contributed by atoms with Gasteiger partial charge in [0.1, 0.15) is 11.6 Å². The van der Waals surface area contributed by atoms with E-state index < -0.39 is 10.0 Å². The standard InChI is InChI=1S/C26H40N4O3S/c1-7-14-34(31,32)30-12-10-29(11-13-30)26-23(17-22-16-20(4)8-9-21(22)5)24(18-33-6)27-25(28-26)15-19(2)3/h8-9,16,19H,7,10-15,17-18H2,1-6H3. The van der Waals surface area contributed by atoms with Crippen molar-refractivity contribution in [3.63, 3.8) is 0 Å². The topological polar surface area (TPSA) is 75.6 Å². The van der Waals surface area contributed by atoms with Gasteiger partial charge in [-0.25, -0.2) is 18.4 Å². The van der Waals surface area contributed by atoms with E-state index in [0.717, 1.165) is 35.7 Å². The molecule has 188 valence electrons. The van der Waals surface area contributed by atoms with Crippen LogP contribution < -0.4 is 4.90 Å². The minimum Gasteiger partial charge on any atom is -0.378 e. The van der Waals surface area contributed by atoms with Gasteiger partial charge in [0.25, 0.3) is 0 Å². The normalized spacial score (nSPS) is 15.3. The number of nitrogens with zero attached hydrogens (tertiary/aromatic N) is 4. The number of aryl methyl sites for hydroxylation is 2. The van der Waals surface area contributed by atoms with Gasteiger partial charge in [0.15, 0.2) is 0 Å². The molecular formula is C26H40N4O3S. The van der Waals surface area contributed by atoms with E-state index >= 15 is 0 Å². The number of methoxy groups -OCH3 is 1. The first kappa shape index (κ1) is 26.6. The predicted molar refractivity (Wildman–Crippen MR) is 138 cm³/mol. The van der Waals surface area contributed by atoms with Crippen molar-refractivity contribution in [1.82, 2.24) is 14.3 Å². The largest absolute Gasteiger partial charge is 0.378 e. The molecule has 1 aromatic carbocycles. The van der Waals surface area contributed by atoms with E-state index in [1.165, 1.54) is 16.7 Å². The predicted octanol–water partition coefficient (Wildman–Crippen LogP) is 3.89. The van der Waals surface area contributed by atoms with Gasteiger partial charge in [0.05, 0.1) is 18.1 Å². The Morgan fingerprint density at radius 1 is 1.09 bits per heavy atom. The molecule has 1 aliphatic heterocycles. The van der Waals surface area contributed by atoms with E-state index in [2.05, 4.69) is 50.8 Å². The highest BCUT2D eigenvalue weighted by Gasteiger charge is 2.29. The average Bonchev–Trinajstić information content (AvgIpc) is 2.77. The second-order valence-electron chi connectivity index (χ2n) is 9.73. The van der Waals surface area contributed by atoms with E-state index in [-0.39, 0.29) is 5.75 Å². The van der Waals surface area contributed by atoms with Crippen LogP contribution in [0.15, 0.2) is 18.2 Å². The van der Waals surface area contributed by atoms with Crippen molar-refractivity contribution >= 4 is 15.8 Å². The number of rotatable bonds is 10. The first-order valence-corrected chi connectivity index (χ1v) is 13.9. The molecule has 34 heavy (non-hydrogen) atoms. The summed E-state index contributed by atoms with van der Waals surface area (Å²) in [6.07, 6.45) is 2.14. The van der Waals surface area contributed by atoms with Gasteiger partial charge in [-0.15, -0.1) is 0 Å². The van der Waals surface area contributed by atoms with Crippen molar-refractivity contribution in [3.05, 3.63) is 52.0 Å². The maximum Gasteiger partial charge on any atom is 0.214 e. The van der Waals surface area contributed by atoms with Crippen molar-refractivity contribution in [2.75, 3.05) is 43.9 Å². The fourth-order valence-electron chi connectivity index (χ4n) is 4.47. The molecule has 0 spiro atoms. The Morgan fingerprint density at radius 3 is 2.41 bits per heavy atom. The van der Waals surface area contributed by atoms with Crippen LogP contribution in [0.4, 0.5) is 5.82 Å². The van der Waals surface area contributed by atoms with Crippen LogP contribution in [0.3, 0.4) is 0 Å². The van der Waals surface area contributed by atoms with Crippen LogP contribution in [0.1, 0.15) is 61.0 Å². The lowest BCUT2D eigenvalue weighted by Crippen LogP contribution is -2.50. The molecule has 0 aliphatic carbocycles. The highest BCUT2D eigenvalue weighted by Crippen LogP contribution is 2.28. The van der Waals surface area contributed by atoms with Crippen molar-refractivity contribution in [2.45, 2.75) is 60.5 Å². The van der Waals surface area contributed by atoms with Crippen LogP contribution in [0.2, 0.25) is 0 Å². The van der Waals surface area contributed by atoms with Crippen molar-refractivity contribution in [2.24, 2.45) is 5.92 Å². The summed E-state index contributed by atoms with van der Waals surface area (Å²) < 4.78 is 32.4. The third-order valence-electron chi connectivity index (χ3n) is 6.25. The number of hydrogen-bond acceptors (Lipinski definition) is 6. The highest BCUT2D eigenvalue weighted by molar-refractivity contribution is 7.89. The molecule has 1 aromatic heterocycles. The Hall–Kier alpha value is -2.03. The number of benzene rings is 1. The molecule has 2 heterocycles. The smallest absolute Gasteiger partial charge is 0.214 e. The van der Waals surface area contributed by atoms with Crippen LogP contribution in [0.5, 0.6) is 0 Å². The number of hydrogen-bond donors (Lipinski definition) is 0. The quantitative estimate of drug-likeness (QED) is 0.505. The molecule has 0 saturated carbocycles. The minimum atomic E-state index is -3.20. The molecule has 1 saturated heterocycles. The van der Waals surface area contributed by atoms with Gasteiger partial charge in [-0.2, -0.15) is 4.31 Å². The Morgan fingerprint density at radius 2 is 1.79 bits per heavy atom. The summed E-state index contributed by atoms with van der Waals surface area (Å²) in [5.74, 6) is 2.38. The van der Waals surface area contributed by atoms with E-state index in [1.54, 1.807) is 11.4 Å². The zero-order valence-electron chi connectivity index (χ0n) is 21.6. The molecule has 0 atom stereocenters. The van der Waals surface area contributed by atoms with Crippen LogP contribution in [0.25, 0.3) is 0 Å². The Kier molecular flexibility index (Phi) is 9.07. The van der Waals surface area contributed by atoms with Gasteiger partial charge < -0.3 is 9.64 Å². The Bertz CT molecular complexity index is 1080. The second kappa shape index (κ2) is 11.6. The zero-order valence-corrected chi connectivity index (χ0v) is 22.4. The third-order valence-corrected chi connectivity index (χ3v) is 8.33. The summed E-state index contributed by atoms with van der Waals surface area (Å²) in [5.41, 5.74) is 5.71. The number of ether oxygens (including phenoxy) is 1. The average molecular weight is 489 g/mol. The Balaban J connectivity index is 2.01. The lowest BCUT2D eigenvalue weighted by Gasteiger charge is -2.36. The second-order valence-corrected chi connectivity index (χ2v) is 11.8. The van der Waals surface area contributed by atoms with Crippen LogP contribution in [-0.4, -0.2) is 61.7 Å². The number of sulfonamides is 1. The molecule has 0 unspecified atom stereocenters. The van der Waals surface area contributed by atoms with E-state index in [0.29, 0.717) is 45.1 Å². The molecule has 0 N–H and O–H groups in total. The van der Waals surface area contributed by atoms with E-state index in [1.807, 2.05) is 6.92 Å². The fraction of sp³-hybridized carbons (Fsp3) is 0.615. The highest BCUT2D eigenvalue weighted by atomic mass is 32.2. The summed E-state index contributed by atoms with van der Waals surface area (Å²) in [7, 11) is -1.50. The molecule has 0 radical (unpaired) electrons. The van der Waals surface area contributed by atoms with Gasteiger partial charge in [-0.3, -0.25) is 0 Å². The minimum absolute atomic E-state index is 0.203. The zero-order chi connectivity index (χ0) is 24.9. The molecule has 0 bridgehead atoms. The summed E-state index contributed by atoms with van der Waals surface area (Å²) in [6.45, 7) is 13.1. The van der Waals surface area contributed by atoms with Gasteiger partial charge in [0.2, 0.25) is 10.0 Å². The summed E-state index contributed by atoms with van der Waals surface area (Å²) in [5, 5.41) is 0. The van der Waals surface area contributed by atoms with Crippen LogP contribution in [0, 0.1) is 19.8 Å². The van der Waals surface area contributed by atoms with Gasteiger partial charge in [-0.05, 0) is 37.3 Å². The van der Waals surface area contributed by atoms with Gasteiger partial charge in [-0.1, -0.05) is 44.5 Å². The molecule has 7 nitrogen and oxygen atoms in total. The summed E-state index contributed by atoms with van der Waals surface area (Å²) in [4.78, 5) is 12.2. The maximum atomic E-state index is 12.6. The lowest BCUT2D eigenvalue weighted by molar-refractivity contribution is 0.180. The molecule has 1 aliphatic rings. The third kappa shape index (κ3) is 6.55. The first-order chi connectivity index (χ1) is 16.1. The first-order valence-electron chi connectivity index (χ1n) is 12.3. The molecule has 3 rings (SSSR count). The molecular weight excluding hydrogens is 448 g/mol. The molecule has 1 fully saturated rings. The van der Waals surface area contributed by atoms with Crippen LogP contribution in [-0.2, 0) is 34.2 Å². The fourth-order valence-corrected chi connectivity index (χ4v) is 5.96. The van der Waals surface area contributed by atoms with Crippen molar-refractivity contribution < 1.29 is 13.2 Å². The van der Waals surface area contributed by atoms with Gasteiger partial charge >= 0.3 is 0 Å². The lowest BCUT2D eigenvalue weighted by atomic mass is 9.97. The van der Waals surface area contributed by atoms with Crippen molar-refractivity contribution in [3.8, 4) is 0 Å². The van der Waals surface area contributed by atoms with Crippen LogP contribution >= 0.6 is 0 Å². The number of aromatic nitrogens is 2. The maximum absolute atomic E-state index is 12.6. The van der Waals surface area contributed by atoms with E-state index in [4.69, 9.17) is 14.7 Å². The SMILES string of the molecule is CCCS(=O)(=O)N1CCN(c2nc(CC(C)C)nc(COC)c2Cc2cc(C)ccc2C)CC1. The monoisotopic (exact) mass is 488 g/mol. The summed E-state index contributed by atoms with van der Waals surface area (Å²) >= 11 is 0. The Labute approximate surface area is 205 Å². The summed E-state index contributed by atoms with van der Waals surface area (Å²) in [6, 6.07) is 6.52. The van der Waals surface area contributed by atoms with Gasteiger partial charge in [0, 0.05) is 51.7 Å². The van der Waals surface area contributed by atoms with E-state index in [9.17, 15) is 8.42 Å².